The first kappa shape index (κ1) is 16.7. The Morgan fingerprint density at radius 2 is 1.77 bits per heavy atom. The molecule has 3 nitrogen and oxygen atoms in total. The Bertz CT molecular complexity index is 613. The molecule has 0 spiro atoms. The maximum atomic E-state index is 11.5. The Labute approximate surface area is 133 Å². The van der Waals surface area contributed by atoms with Crippen LogP contribution in [0.25, 0.3) is 5.57 Å². The van der Waals surface area contributed by atoms with Crippen molar-refractivity contribution in [3.05, 3.63) is 48.1 Å². The van der Waals surface area contributed by atoms with Crippen LogP contribution in [0.15, 0.2) is 36.9 Å². The number of allylic oxidation sites excluding steroid dienone is 3. The van der Waals surface area contributed by atoms with E-state index in [-0.39, 0.29) is 0 Å². The van der Waals surface area contributed by atoms with E-state index in [4.69, 9.17) is 9.31 Å². The summed E-state index contributed by atoms with van der Waals surface area (Å²) in [5.74, 6) is 0. The van der Waals surface area contributed by atoms with E-state index in [0.29, 0.717) is 5.56 Å². The summed E-state index contributed by atoms with van der Waals surface area (Å²) in [4.78, 5) is 11.5. The highest BCUT2D eigenvalue weighted by molar-refractivity contribution is 6.63. The molecule has 1 aliphatic rings. The van der Waals surface area contributed by atoms with Gasteiger partial charge in [-0.05, 0) is 57.3 Å². The van der Waals surface area contributed by atoms with Crippen LogP contribution in [-0.2, 0) is 9.31 Å². The Kier molecular flexibility index (Phi) is 4.45. The first-order valence-corrected chi connectivity index (χ1v) is 7.46. The fourth-order valence-corrected chi connectivity index (χ4v) is 2.38. The summed E-state index contributed by atoms with van der Waals surface area (Å²) >= 11 is 0. The monoisotopic (exact) mass is 298 g/mol. The molecule has 1 fully saturated rings. The molecule has 4 heteroatoms. The standard InChI is InChI=1S/C18H23BO3/c1-7-8-13(2)14-9-10-16(15(11-14)12-20)19-21-17(3,4)18(5,6)22-19/h7-12H,1H2,2-6H3/b13-8+. The van der Waals surface area contributed by atoms with Gasteiger partial charge in [-0.15, -0.1) is 0 Å². The summed E-state index contributed by atoms with van der Waals surface area (Å²) in [6.45, 7) is 13.7. The van der Waals surface area contributed by atoms with Crippen LogP contribution < -0.4 is 5.46 Å². The van der Waals surface area contributed by atoms with Gasteiger partial charge in [0.15, 0.2) is 0 Å². The Balaban J connectivity index is 2.40. The molecule has 0 aromatic heterocycles. The molecule has 0 bridgehead atoms. The summed E-state index contributed by atoms with van der Waals surface area (Å²) in [5.41, 5.74) is 2.56. The molecular weight excluding hydrogens is 275 g/mol. The van der Waals surface area contributed by atoms with Gasteiger partial charge in [0.05, 0.1) is 11.2 Å². The van der Waals surface area contributed by atoms with E-state index < -0.39 is 18.3 Å². The van der Waals surface area contributed by atoms with E-state index in [1.54, 1.807) is 6.08 Å². The van der Waals surface area contributed by atoms with E-state index >= 15 is 0 Å². The Hall–Kier alpha value is -1.65. The van der Waals surface area contributed by atoms with Crippen molar-refractivity contribution in [3.63, 3.8) is 0 Å². The van der Waals surface area contributed by atoms with Gasteiger partial charge in [-0.25, -0.2) is 0 Å². The van der Waals surface area contributed by atoms with Gasteiger partial charge >= 0.3 is 7.12 Å². The van der Waals surface area contributed by atoms with Crippen molar-refractivity contribution < 1.29 is 14.1 Å². The first-order chi connectivity index (χ1) is 10.2. The number of benzene rings is 1. The molecule has 0 N–H and O–H groups in total. The molecular formula is C18H23BO3. The van der Waals surface area contributed by atoms with E-state index in [2.05, 4.69) is 6.58 Å². The van der Waals surface area contributed by atoms with Crippen molar-refractivity contribution in [1.82, 2.24) is 0 Å². The van der Waals surface area contributed by atoms with Crippen LogP contribution in [-0.4, -0.2) is 24.6 Å². The van der Waals surface area contributed by atoms with Gasteiger partial charge in [0, 0.05) is 5.56 Å². The predicted octanol–water partition coefficient (Wildman–Crippen LogP) is 3.39. The van der Waals surface area contributed by atoms with Gasteiger partial charge in [0.25, 0.3) is 0 Å². The van der Waals surface area contributed by atoms with Crippen molar-refractivity contribution in [1.29, 1.82) is 0 Å². The van der Waals surface area contributed by atoms with Crippen LogP contribution >= 0.6 is 0 Å². The quantitative estimate of drug-likeness (QED) is 0.485. The minimum absolute atomic E-state index is 0.421. The summed E-state index contributed by atoms with van der Waals surface area (Å²) in [7, 11) is -0.525. The molecule has 1 aromatic rings. The van der Waals surface area contributed by atoms with Crippen LogP contribution in [0.5, 0.6) is 0 Å². The molecule has 0 amide bonds. The molecule has 0 radical (unpaired) electrons. The average Bonchev–Trinajstić information content (AvgIpc) is 2.67. The van der Waals surface area contributed by atoms with Crippen molar-refractivity contribution in [2.24, 2.45) is 0 Å². The third kappa shape index (κ3) is 2.94. The summed E-state index contributed by atoms with van der Waals surface area (Å²) in [5, 5.41) is 0. The van der Waals surface area contributed by atoms with Crippen LogP contribution in [0.1, 0.15) is 50.5 Å². The smallest absolute Gasteiger partial charge is 0.399 e. The normalized spacial score (nSPS) is 20.0. The van der Waals surface area contributed by atoms with Gasteiger partial charge in [-0.2, -0.15) is 0 Å². The molecule has 0 aliphatic carbocycles. The largest absolute Gasteiger partial charge is 0.495 e. The number of aldehydes is 1. The molecule has 0 saturated carbocycles. The van der Waals surface area contributed by atoms with Gasteiger partial charge in [-0.3, -0.25) is 4.79 Å². The van der Waals surface area contributed by atoms with Crippen LogP contribution in [0, 0.1) is 0 Å². The highest BCUT2D eigenvalue weighted by atomic mass is 16.7. The zero-order valence-electron chi connectivity index (χ0n) is 14.0. The second-order valence-electron chi connectivity index (χ2n) is 6.64. The van der Waals surface area contributed by atoms with Crippen LogP contribution in [0.4, 0.5) is 0 Å². The number of hydrogen-bond donors (Lipinski definition) is 0. The van der Waals surface area contributed by atoms with Gasteiger partial charge < -0.3 is 9.31 Å². The highest BCUT2D eigenvalue weighted by Gasteiger charge is 2.52. The van der Waals surface area contributed by atoms with E-state index in [0.717, 1.165) is 22.9 Å². The summed E-state index contributed by atoms with van der Waals surface area (Å²) in [6.07, 6.45) is 4.50. The predicted molar refractivity (Wildman–Crippen MR) is 91.4 cm³/mol. The van der Waals surface area contributed by atoms with Gasteiger partial charge in [0.1, 0.15) is 6.29 Å². The highest BCUT2D eigenvalue weighted by Crippen LogP contribution is 2.36. The maximum absolute atomic E-state index is 11.5. The molecule has 1 saturated heterocycles. The molecule has 116 valence electrons. The zero-order valence-corrected chi connectivity index (χ0v) is 14.0. The number of carbonyl (C=O) groups is 1. The second-order valence-corrected chi connectivity index (χ2v) is 6.64. The lowest BCUT2D eigenvalue weighted by molar-refractivity contribution is 0.00578. The minimum atomic E-state index is -0.525. The SMILES string of the molecule is C=C/C=C(\C)c1ccc(B2OC(C)(C)C(C)(C)O2)c(C=O)c1. The molecule has 0 atom stereocenters. The molecule has 22 heavy (non-hydrogen) atoms. The molecule has 1 heterocycles. The molecule has 0 unspecified atom stereocenters. The minimum Gasteiger partial charge on any atom is -0.399 e. The second kappa shape index (κ2) is 5.86. The average molecular weight is 298 g/mol. The van der Waals surface area contributed by atoms with E-state index in [1.165, 1.54) is 0 Å². The van der Waals surface area contributed by atoms with Crippen LogP contribution in [0.3, 0.4) is 0 Å². The third-order valence-electron chi connectivity index (χ3n) is 4.54. The molecule has 1 aromatic carbocycles. The van der Waals surface area contributed by atoms with Crippen molar-refractivity contribution in [2.75, 3.05) is 0 Å². The van der Waals surface area contributed by atoms with Gasteiger partial charge in [-0.1, -0.05) is 30.9 Å². The Morgan fingerprint density at radius 1 is 1.18 bits per heavy atom. The lowest BCUT2D eigenvalue weighted by Crippen LogP contribution is -2.41. The summed E-state index contributed by atoms with van der Waals surface area (Å²) in [6, 6.07) is 5.74. The number of hydrogen-bond acceptors (Lipinski definition) is 3. The van der Waals surface area contributed by atoms with Gasteiger partial charge in [0.2, 0.25) is 0 Å². The molecule has 1 aliphatic heterocycles. The first-order valence-electron chi connectivity index (χ1n) is 7.46. The van der Waals surface area contributed by atoms with E-state index in [9.17, 15) is 4.79 Å². The maximum Gasteiger partial charge on any atom is 0.495 e. The van der Waals surface area contributed by atoms with Crippen molar-refractivity contribution >= 4 is 24.4 Å². The number of carbonyl (C=O) groups excluding carboxylic acids is 1. The zero-order chi connectivity index (χ0) is 16.5. The van der Waals surface area contributed by atoms with Crippen molar-refractivity contribution in [2.45, 2.75) is 45.8 Å². The Morgan fingerprint density at radius 3 is 2.27 bits per heavy atom. The third-order valence-corrected chi connectivity index (χ3v) is 4.54. The van der Waals surface area contributed by atoms with Crippen LogP contribution in [0.2, 0.25) is 0 Å². The van der Waals surface area contributed by atoms with E-state index in [1.807, 2.05) is 58.9 Å². The number of rotatable bonds is 4. The topological polar surface area (TPSA) is 35.5 Å². The van der Waals surface area contributed by atoms with Crippen molar-refractivity contribution in [3.8, 4) is 0 Å². The lowest BCUT2D eigenvalue weighted by atomic mass is 9.75. The summed E-state index contributed by atoms with van der Waals surface area (Å²) < 4.78 is 12.1. The fourth-order valence-electron chi connectivity index (χ4n) is 2.38. The molecule has 2 rings (SSSR count). The fraction of sp³-hybridized carbons (Fsp3) is 0.389. The lowest BCUT2D eigenvalue weighted by Gasteiger charge is -2.32.